The summed E-state index contributed by atoms with van der Waals surface area (Å²) in [6, 6.07) is 0. The van der Waals surface area contributed by atoms with Crippen LogP contribution >= 0.6 is 20.5 Å². The van der Waals surface area contributed by atoms with Gasteiger partial charge in [-0.25, -0.2) is 4.57 Å². The normalized spacial score (nSPS) is 9.60. The van der Waals surface area contributed by atoms with Gasteiger partial charge in [-0.15, -0.1) is 6.58 Å². The Bertz CT molecular complexity index is 112. The van der Waals surface area contributed by atoms with Crippen molar-refractivity contribution in [1.82, 2.24) is 0 Å². The SMILES string of the molecule is C=CCCS.O=P(O)(O)O. The van der Waals surface area contributed by atoms with Crippen molar-refractivity contribution in [2.45, 2.75) is 6.42 Å². The number of thiol groups is 1. The predicted molar refractivity (Wildman–Crippen MR) is 42.9 cm³/mol. The van der Waals surface area contributed by atoms with Gasteiger partial charge in [0, 0.05) is 0 Å². The van der Waals surface area contributed by atoms with Gasteiger partial charge in [0.1, 0.15) is 0 Å². The van der Waals surface area contributed by atoms with Gasteiger partial charge in [0.15, 0.2) is 0 Å². The zero-order valence-corrected chi connectivity index (χ0v) is 7.13. The molecule has 0 fully saturated rings. The number of allylic oxidation sites excluding steroid dienone is 1. The van der Waals surface area contributed by atoms with Gasteiger partial charge in [-0.3, -0.25) is 0 Å². The molecule has 0 aliphatic rings. The smallest absolute Gasteiger partial charge is 0.303 e. The highest BCUT2D eigenvalue weighted by Crippen LogP contribution is 2.25. The molecule has 0 saturated heterocycles. The Hall–Kier alpha value is 0.200. The van der Waals surface area contributed by atoms with Crippen molar-refractivity contribution in [3.8, 4) is 0 Å². The van der Waals surface area contributed by atoms with Crippen LogP contribution < -0.4 is 0 Å². The van der Waals surface area contributed by atoms with E-state index in [1.807, 2.05) is 6.08 Å². The molecule has 0 aromatic heterocycles. The van der Waals surface area contributed by atoms with Crippen molar-refractivity contribution in [3.63, 3.8) is 0 Å². The van der Waals surface area contributed by atoms with E-state index in [1.54, 1.807) is 0 Å². The first-order valence-electron chi connectivity index (χ1n) is 2.42. The standard InChI is InChI=1S/C4H8S.H3O4P/c1-2-3-4-5;1-5(2,3)4/h2,5H,1,3-4H2;(H3,1,2,3,4). The summed E-state index contributed by atoms with van der Waals surface area (Å²) in [5, 5.41) is 0. The predicted octanol–water partition coefficient (Wildman–Crippen LogP) is 0.564. The summed E-state index contributed by atoms with van der Waals surface area (Å²) < 4.78 is 8.88. The highest BCUT2D eigenvalue weighted by Gasteiger charge is 2.00. The van der Waals surface area contributed by atoms with Crippen molar-refractivity contribution >= 4 is 20.5 Å². The maximum Gasteiger partial charge on any atom is 0.466 e. The Morgan fingerprint density at radius 3 is 1.80 bits per heavy atom. The monoisotopic (exact) mass is 186 g/mol. The molecular formula is C4H11O4PS. The second kappa shape index (κ2) is 7.31. The van der Waals surface area contributed by atoms with Crippen LogP contribution in [0.15, 0.2) is 12.7 Å². The maximum absolute atomic E-state index is 8.88. The molecule has 0 saturated carbocycles. The first kappa shape index (κ1) is 12.8. The van der Waals surface area contributed by atoms with E-state index in [2.05, 4.69) is 19.2 Å². The first-order valence-corrected chi connectivity index (χ1v) is 4.61. The molecular weight excluding hydrogens is 175 g/mol. The fourth-order valence-corrected chi connectivity index (χ4v) is 0.274. The fourth-order valence-electron chi connectivity index (χ4n) is 0.0913. The Morgan fingerprint density at radius 1 is 1.50 bits per heavy atom. The van der Waals surface area contributed by atoms with Crippen LogP contribution in [0.3, 0.4) is 0 Å². The van der Waals surface area contributed by atoms with Crippen molar-refractivity contribution < 1.29 is 19.2 Å². The zero-order chi connectivity index (χ0) is 8.62. The van der Waals surface area contributed by atoms with Crippen molar-refractivity contribution in [3.05, 3.63) is 12.7 Å². The minimum Gasteiger partial charge on any atom is -0.303 e. The molecule has 62 valence electrons. The molecule has 0 aromatic rings. The van der Waals surface area contributed by atoms with E-state index in [9.17, 15) is 0 Å². The van der Waals surface area contributed by atoms with Crippen LogP contribution in [0.2, 0.25) is 0 Å². The van der Waals surface area contributed by atoms with Crippen LogP contribution in [0.25, 0.3) is 0 Å². The van der Waals surface area contributed by atoms with Crippen LogP contribution in [-0.4, -0.2) is 20.4 Å². The minimum atomic E-state index is -4.64. The van der Waals surface area contributed by atoms with E-state index in [-0.39, 0.29) is 0 Å². The molecule has 0 spiro atoms. The van der Waals surface area contributed by atoms with Gasteiger partial charge < -0.3 is 14.7 Å². The Kier molecular flexibility index (Phi) is 9.38. The molecule has 0 rings (SSSR count). The van der Waals surface area contributed by atoms with Crippen LogP contribution in [0, 0.1) is 0 Å². The van der Waals surface area contributed by atoms with E-state index in [4.69, 9.17) is 19.2 Å². The molecule has 0 bridgehead atoms. The van der Waals surface area contributed by atoms with Crippen molar-refractivity contribution in [2.75, 3.05) is 5.75 Å². The minimum absolute atomic E-state index is 0.920. The van der Waals surface area contributed by atoms with Crippen LogP contribution in [0.1, 0.15) is 6.42 Å². The molecule has 4 nitrogen and oxygen atoms in total. The third-order valence-corrected chi connectivity index (χ3v) is 0.591. The van der Waals surface area contributed by atoms with Gasteiger partial charge in [0.05, 0.1) is 0 Å². The Labute approximate surface area is 65.2 Å². The Morgan fingerprint density at radius 2 is 1.80 bits per heavy atom. The molecule has 0 aromatic carbocycles. The van der Waals surface area contributed by atoms with E-state index < -0.39 is 7.82 Å². The van der Waals surface area contributed by atoms with Gasteiger partial charge in [0.2, 0.25) is 0 Å². The van der Waals surface area contributed by atoms with Gasteiger partial charge in [-0.05, 0) is 12.2 Å². The summed E-state index contributed by atoms with van der Waals surface area (Å²) in [5.74, 6) is 0.920. The zero-order valence-electron chi connectivity index (χ0n) is 5.34. The topological polar surface area (TPSA) is 77.8 Å². The molecule has 6 heteroatoms. The van der Waals surface area contributed by atoms with Crippen molar-refractivity contribution in [1.29, 1.82) is 0 Å². The summed E-state index contributed by atoms with van der Waals surface area (Å²) in [7, 11) is -4.64. The number of hydrogen-bond acceptors (Lipinski definition) is 2. The molecule has 0 heterocycles. The Balaban J connectivity index is 0. The molecule has 0 unspecified atom stereocenters. The molecule has 0 aliphatic heterocycles. The molecule has 0 amide bonds. The quantitative estimate of drug-likeness (QED) is 0.289. The van der Waals surface area contributed by atoms with E-state index in [0.29, 0.717) is 0 Å². The lowest BCUT2D eigenvalue weighted by Crippen LogP contribution is -1.66. The van der Waals surface area contributed by atoms with Gasteiger partial charge >= 0.3 is 7.82 Å². The average molecular weight is 186 g/mol. The lowest BCUT2D eigenvalue weighted by molar-refractivity contribution is 0.275. The lowest BCUT2D eigenvalue weighted by Gasteiger charge is -1.82. The van der Waals surface area contributed by atoms with Gasteiger partial charge in [0.25, 0.3) is 0 Å². The summed E-state index contributed by atoms with van der Waals surface area (Å²) in [6.45, 7) is 3.50. The molecule has 0 radical (unpaired) electrons. The number of hydrogen-bond donors (Lipinski definition) is 4. The molecule has 0 aliphatic carbocycles. The second-order valence-electron chi connectivity index (χ2n) is 1.31. The van der Waals surface area contributed by atoms with Crippen molar-refractivity contribution in [2.24, 2.45) is 0 Å². The summed E-state index contributed by atoms with van der Waals surface area (Å²) in [5.41, 5.74) is 0. The summed E-state index contributed by atoms with van der Waals surface area (Å²) >= 11 is 3.93. The second-order valence-corrected chi connectivity index (χ2v) is 2.79. The van der Waals surface area contributed by atoms with E-state index in [1.165, 1.54) is 0 Å². The highest BCUT2D eigenvalue weighted by molar-refractivity contribution is 7.80. The van der Waals surface area contributed by atoms with Crippen LogP contribution in [0.4, 0.5) is 0 Å². The third-order valence-electron chi connectivity index (χ3n) is 0.333. The van der Waals surface area contributed by atoms with Gasteiger partial charge in [-0.1, -0.05) is 6.08 Å². The third kappa shape index (κ3) is 87.8. The summed E-state index contributed by atoms with van der Waals surface area (Å²) in [6.07, 6.45) is 2.87. The number of rotatable bonds is 2. The van der Waals surface area contributed by atoms with E-state index in [0.717, 1.165) is 12.2 Å². The molecule has 10 heavy (non-hydrogen) atoms. The first-order chi connectivity index (χ1) is 4.41. The molecule has 0 atom stereocenters. The van der Waals surface area contributed by atoms with Crippen LogP contribution in [-0.2, 0) is 4.57 Å². The van der Waals surface area contributed by atoms with E-state index >= 15 is 0 Å². The average Bonchev–Trinajstić information content (AvgIpc) is 1.63. The van der Waals surface area contributed by atoms with Crippen LogP contribution in [0.5, 0.6) is 0 Å². The fraction of sp³-hybridized carbons (Fsp3) is 0.500. The maximum atomic E-state index is 8.88. The summed E-state index contributed by atoms with van der Waals surface area (Å²) in [4.78, 5) is 21.6. The van der Waals surface area contributed by atoms with Gasteiger partial charge in [-0.2, -0.15) is 12.6 Å². The lowest BCUT2D eigenvalue weighted by atomic mass is 10.5. The highest BCUT2D eigenvalue weighted by atomic mass is 32.1. The largest absolute Gasteiger partial charge is 0.466 e. The number of phosphoric acid groups is 1. The molecule has 3 N–H and O–H groups in total.